The Labute approximate surface area is 142 Å². The van der Waals surface area contributed by atoms with Crippen molar-refractivity contribution < 1.29 is 4.79 Å². The molecule has 1 saturated heterocycles. The van der Waals surface area contributed by atoms with Crippen molar-refractivity contribution in [3.8, 4) is 5.82 Å². The number of amides is 1. The van der Waals surface area contributed by atoms with E-state index in [0.717, 1.165) is 5.82 Å². The van der Waals surface area contributed by atoms with E-state index in [9.17, 15) is 4.79 Å². The number of hydrogen-bond donors (Lipinski definition) is 0. The number of hydrogen-bond acceptors (Lipinski definition) is 9. The molecule has 1 aliphatic heterocycles. The molecular formula is C13H15N11O. The Morgan fingerprint density at radius 3 is 2.48 bits per heavy atom. The van der Waals surface area contributed by atoms with Crippen LogP contribution in [0.3, 0.4) is 0 Å². The number of rotatable bonds is 4. The van der Waals surface area contributed by atoms with Crippen LogP contribution in [0.2, 0.25) is 0 Å². The Hall–Kier alpha value is -3.44. The van der Waals surface area contributed by atoms with E-state index in [4.69, 9.17) is 0 Å². The predicted molar refractivity (Wildman–Crippen MR) is 83.6 cm³/mol. The van der Waals surface area contributed by atoms with E-state index in [1.54, 1.807) is 15.9 Å². The average molecular weight is 341 g/mol. The second kappa shape index (κ2) is 6.59. The maximum atomic E-state index is 12.2. The molecule has 0 aliphatic carbocycles. The summed E-state index contributed by atoms with van der Waals surface area (Å²) in [4.78, 5) is 20.0. The minimum Gasteiger partial charge on any atom is -0.352 e. The minimum absolute atomic E-state index is 0.000403. The third-order valence-electron chi connectivity index (χ3n) is 3.93. The summed E-state index contributed by atoms with van der Waals surface area (Å²) in [5, 5.41) is 23.2. The van der Waals surface area contributed by atoms with Crippen LogP contribution in [0.5, 0.6) is 0 Å². The molecular weight excluding hydrogens is 326 g/mol. The van der Waals surface area contributed by atoms with Gasteiger partial charge in [-0.3, -0.25) is 4.79 Å². The highest BCUT2D eigenvalue weighted by atomic mass is 16.2. The summed E-state index contributed by atoms with van der Waals surface area (Å²) in [7, 11) is 0. The Morgan fingerprint density at radius 1 is 1.04 bits per heavy atom. The highest BCUT2D eigenvalue weighted by Crippen LogP contribution is 2.14. The Bertz CT molecular complexity index is 806. The summed E-state index contributed by atoms with van der Waals surface area (Å²) in [6, 6.07) is 3.73. The summed E-state index contributed by atoms with van der Waals surface area (Å²) < 4.78 is 2.97. The fourth-order valence-corrected chi connectivity index (χ4v) is 2.61. The SMILES string of the molecule is O=C(Cn1cnnn1)N1CCN(c2ccc(-n3cncn3)nn2)CC1. The normalized spacial score (nSPS) is 14.7. The Kier molecular flexibility index (Phi) is 3.98. The number of piperazine rings is 1. The number of carbonyl (C=O) groups excluding carboxylic acids is 1. The van der Waals surface area contributed by atoms with Gasteiger partial charge in [0.15, 0.2) is 11.6 Å². The number of aromatic nitrogens is 9. The van der Waals surface area contributed by atoms with E-state index in [1.807, 2.05) is 12.1 Å². The van der Waals surface area contributed by atoms with Gasteiger partial charge in [0.1, 0.15) is 25.5 Å². The van der Waals surface area contributed by atoms with Crippen molar-refractivity contribution in [2.24, 2.45) is 0 Å². The topological polar surface area (TPSA) is 124 Å². The largest absolute Gasteiger partial charge is 0.352 e. The molecule has 0 bridgehead atoms. The number of carbonyl (C=O) groups is 1. The van der Waals surface area contributed by atoms with Gasteiger partial charge in [-0.05, 0) is 22.6 Å². The lowest BCUT2D eigenvalue weighted by Crippen LogP contribution is -2.50. The number of anilines is 1. The molecule has 128 valence electrons. The van der Waals surface area contributed by atoms with Crippen molar-refractivity contribution in [2.75, 3.05) is 31.1 Å². The summed E-state index contributed by atoms with van der Waals surface area (Å²) in [6.07, 6.45) is 4.44. The molecule has 3 aromatic rings. The van der Waals surface area contributed by atoms with Crippen LogP contribution in [-0.4, -0.2) is 82.2 Å². The lowest BCUT2D eigenvalue weighted by Gasteiger charge is -2.35. The molecule has 0 N–H and O–H groups in total. The first-order valence-electron chi connectivity index (χ1n) is 7.72. The zero-order valence-electron chi connectivity index (χ0n) is 13.2. The molecule has 1 amide bonds. The van der Waals surface area contributed by atoms with Gasteiger partial charge in [0.25, 0.3) is 0 Å². The molecule has 0 radical (unpaired) electrons. The van der Waals surface area contributed by atoms with Crippen LogP contribution in [-0.2, 0) is 11.3 Å². The molecule has 0 saturated carbocycles. The number of nitrogens with zero attached hydrogens (tertiary/aromatic N) is 11. The Morgan fingerprint density at radius 2 is 1.84 bits per heavy atom. The minimum atomic E-state index is -0.000403. The van der Waals surface area contributed by atoms with Gasteiger partial charge in [-0.2, -0.15) is 5.10 Å². The second-order valence-electron chi connectivity index (χ2n) is 5.47. The van der Waals surface area contributed by atoms with Gasteiger partial charge in [-0.25, -0.2) is 14.3 Å². The quantitative estimate of drug-likeness (QED) is 0.551. The van der Waals surface area contributed by atoms with Gasteiger partial charge in [0.05, 0.1) is 0 Å². The summed E-state index contributed by atoms with van der Waals surface area (Å²) >= 11 is 0. The summed E-state index contributed by atoms with van der Waals surface area (Å²) in [5.41, 5.74) is 0. The molecule has 12 heteroatoms. The number of tetrazole rings is 1. The highest BCUT2D eigenvalue weighted by Gasteiger charge is 2.22. The summed E-state index contributed by atoms with van der Waals surface area (Å²) in [6.45, 7) is 2.78. The van der Waals surface area contributed by atoms with Crippen LogP contribution in [0.1, 0.15) is 0 Å². The first kappa shape index (κ1) is 15.1. The fourth-order valence-electron chi connectivity index (χ4n) is 2.61. The van der Waals surface area contributed by atoms with Crippen molar-refractivity contribution in [3.63, 3.8) is 0 Å². The molecule has 25 heavy (non-hydrogen) atoms. The molecule has 0 unspecified atom stereocenters. The lowest BCUT2D eigenvalue weighted by molar-refractivity contribution is -0.132. The second-order valence-corrected chi connectivity index (χ2v) is 5.47. The zero-order chi connectivity index (χ0) is 17.1. The van der Waals surface area contributed by atoms with Gasteiger partial charge in [0, 0.05) is 26.2 Å². The third kappa shape index (κ3) is 3.27. The van der Waals surface area contributed by atoms with Crippen LogP contribution in [0.15, 0.2) is 31.1 Å². The molecule has 12 nitrogen and oxygen atoms in total. The maximum Gasteiger partial charge on any atom is 0.244 e. The molecule has 0 atom stereocenters. The van der Waals surface area contributed by atoms with Crippen molar-refractivity contribution in [1.29, 1.82) is 0 Å². The van der Waals surface area contributed by atoms with Crippen LogP contribution < -0.4 is 4.90 Å². The lowest BCUT2D eigenvalue weighted by atomic mass is 10.3. The van der Waals surface area contributed by atoms with Crippen molar-refractivity contribution >= 4 is 11.7 Å². The monoisotopic (exact) mass is 341 g/mol. The van der Waals surface area contributed by atoms with E-state index in [0.29, 0.717) is 32.0 Å². The first-order valence-corrected chi connectivity index (χ1v) is 7.72. The van der Waals surface area contributed by atoms with Gasteiger partial charge < -0.3 is 9.80 Å². The van der Waals surface area contributed by atoms with Crippen LogP contribution in [0.4, 0.5) is 5.82 Å². The molecule has 1 aliphatic rings. The molecule has 3 aromatic heterocycles. The van der Waals surface area contributed by atoms with Crippen LogP contribution in [0, 0.1) is 0 Å². The third-order valence-corrected chi connectivity index (χ3v) is 3.93. The maximum absolute atomic E-state index is 12.2. The first-order chi connectivity index (χ1) is 12.3. The Balaban J connectivity index is 1.34. The standard InChI is InChI=1S/C13H15N11O/c25-13(7-23-10-15-19-20-23)22-5-3-21(4-6-22)11-1-2-12(18-17-11)24-9-14-8-16-24/h1-2,8-10H,3-7H2. The van der Waals surface area contributed by atoms with E-state index in [2.05, 4.69) is 40.7 Å². The highest BCUT2D eigenvalue weighted by molar-refractivity contribution is 5.76. The van der Waals surface area contributed by atoms with Gasteiger partial charge in [0.2, 0.25) is 5.91 Å². The van der Waals surface area contributed by atoms with E-state index < -0.39 is 0 Å². The molecule has 0 aromatic carbocycles. The van der Waals surface area contributed by atoms with Crippen molar-refractivity contribution in [3.05, 3.63) is 31.1 Å². The van der Waals surface area contributed by atoms with E-state index in [-0.39, 0.29) is 12.5 Å². The van der Waals surface area contributed by atoms with Gasteiger partial charge in [-0.1, -0.05) is 0 Å². The average Bonchev–Trinajstić information content (AvgIpc) is 3.36. The van der Waals surface area contributed by atoms with Crippen molar-refractivity contribution in [1.82, 2.24) is 50.1 Å². The van der Waals surface area contributed by atoms with Gasteiger partial charge >= 0.3 is 0 Å². The van der Waals surface area contributed by atoms with Crippen LogP contribution >= 0.6 is 0 Å². The van der Waals surface area contributed by atoms with Gasteiger partial charge in [-0.15, -0.1) is 15.3 Å². The molecule has 4 heterocycles. The molecule has 4 rings (SSSR count). The van der Waals surface area contributed by atoms with Crippen LogP contribution in [0.25, 0.3) is 5.82 Å². The fraction of sp³-hybridized carbons (Fsp3) is 0.385. The predicted octanol–water partition coefficient (Wildman–Crippen LogP) is -1.61. The summed E-state index contributed by atoms with van der Waals surface area (Å²) in [5.74, 6) is 1.38. The van der Waals surface area contributed by atoms with E-state index in [1.165, 1.54) is 17.3 Å². The van der Waals surface area contributed by atoms with Crippen molar-refractivity contribution in [2.45, 2.75) is 6.54 Å². The molecule has 1 fully saturated rings. The zero-order valence-corrected chi connectivity index (χ0v) is 13.2. The smallest absolute Gasteiger partial charge is 0.244 e. The van der Waals surface area contributed by atoms with E-state index >= 15 is 0 Å². The molecule has 0 spiro atoms.